The van der Waals surface area contributed by atoms with E-state index in [0.717, 1.165) is 11.3 Å². The van der Waals surface area contributed by atoms with Gasteiger partial charge in [0, 0.05) is 5.41 Å². The number of hydrogen-bond acceptors (Lipinski definition) is 9. The average molecular weight is 383 g/mol. The summed E-state index contributed by atoms with van der Waals surface area (Å²) < 4.78 is 5.59. The first-order valence-corrected chi connectivity index (χ1v) is 8.93. The molecule has 1 unspecified atom stereocenters. The van der Waals surface area contributed by atoms with Crippen LogP contribution in [-0.2, 0) is 4.74 Å². The Morgan fingerprint density at radius 2 is 1.96 bits per heavy atom. The van der Waals surface area contributed by atoms with Gasteiger partial charge in [-0.05, 0) is 18.6 Å². The highest BCUT2D eigenvalue weighted by atomic mass is 32.2. The van der Waals surface area contributed by atoms with Gasteiger partial charge in [-0.1, -0.05) is 30.0 Å². The van der Waals surface area contributed by atoms with Crippen LogP contribution >= 0.6 is 11.8 Å². The van der Waals surface area contributed by atoms with Crippen LogP contribution in [0.3, 0.4) is 0 Å². The largest absolute Gasteiger partial charge is 0.405 e. The topological polar surface area (TPSA) is 138 Å². The van der Waals surface area contributed by atoms with E-state index in [1.165, 1.54) is 16.8 Å². The number of ether oxygens (including phenoxy) is 1. The number of rotatable bonds is 6. The molecule has 5 atom stereocenters. The van der Waals surface area contributed by atoms with Crippen LogP contribution in [0.5, 0.6) is 0 Å². The summed E-state index contributed by atoms with van der Waals surface area (Å²) >= 11 is 1.18. The van der Waals surface area contributed by atoms with E-state index in [0.29, 0.717) is 5.88 Å². The number of aliphatic hydroxyl groups is 5. The Morgan fingerprint density at radius 1 is 1.23 bits per heavy atom. The fraction of sp³-hybridized carbons (Fsp3) is 0.438. The first-order valence-electron chi connectivity index (χ1n) is 7.99. The Hall–Kier alpha value is -1.82. The molecule has 0 amide bonds. The summed E-state index contributed by atoms with van der Waals surface area (Å²) in [5, 5.41) is 51.0. The predicted molar refractivity (Wildman–Crippen MR) is 94.9 cm³/mol. The van der Waals surface area contributed by atoms with E-state index in [2.05, 4.69) is 10.4 Å². The molecule has 142 valence electrons. The number of benzene rings is 1. The molecule has 9 nitrogen and oxygen atoms in total. The number of amidine groups is 1. The van der Waals surface area contributed by atoms with Gasteiger partial charge in [0.05, 0.1) is 12.3 Å². The lowest BCUT2D eigenvalue weighted by molar-refractivity contribution is -0.122. The summed E-state index contributed by atoms with van der Waals surface area (Å²) in [6.45, 7) is 1.19. The first-order chi connectivity index (χ1) is 12.4. The number of aliphatic hydroxyl groups excluding tert-OH is 5. The second kappa shape index (κ2) is 7.82. The standard InChI is InChI=1S/C16H21N3O6S/c1-8-4-2-3-5-9(8)17-16-18-19-11(25-16)7-26-15(19)14(24)13(23)12(22)10(21)6-20/h2-5,7,10,12-15,20-24H,6H2,1H3,(H,17,18)/t10-,12-,13+,14-,15?/m1/s1. The summed E-state index contributed by atoms with van der Waals surface area (Å²) in [4.78, 5) is 4.38. The van der Waals surface area contributed by atoms with Crippen molar-refractivity contribution in [3.8, 4) is 0 Å². The maximum absolute atomic E-state index is 10.4. The molecule has 0 aliphatic carbocycles. The highest BCUT2D eigenvalue weighted by molar-refractivity contribution is 8.03. The second-order valence-electron chi connectivity index (χ2n) is 5.99. The van der Waals surface area contributed by atoms with Crippen LogP contribution < -0.4 is 5.43 Å². The van der Waals surface area contributed by atoms with E-state index in [1.807, 2.05) is 31.2 Å². The molecule has 1 fully saturated rings. The van der Waals surface area contributed by atoms with Gasteiger partial charge in [-0.25, -0.2) is 10.4 Å². The Labute approximate surface area is 154 Å². The molecular weight excluding hydrogens is 362 g/mol. The third-order valence-corrected chi connectivity index (χ3v) is 5.23. The number of hydrazine groups is 1. The van der Waals surface area contributed by atoms with Gasteiger partial charge in [0.1, 0.15) is 29.8 Å². The lowest BCUT2D eigenvalue weighted by Crippen LogP contribution is -2.54. The minimum absolute atomic E-state index is 0.216. The van der Waals surface area contributed by atoms with Crippen LogP contribution in [0.4, 0.5) is 5.69 Å². The van der Waals surface area contributed by atoms with E-state index in [-0.39, 0.29) is 6.02 Å². The Morgan fingerprint density at radius 3 is 2.65 bits per heavy atom. The molecule has 26 heavy (non-hydrogen) atoms. The smallest absolute Gasteiger partial charge is 0.316 e. The molecule has 3 rings (SSSR count). The number of para-hydroxylation sites is 1. The number of fused-ring (bicyclic) bond motifs is 1. The van der Waals surface area contributed by atoms with Crippen LogP contribution in [0.25, 0.3) is 0 Å². The number of thioether (sulfide) groups is 1. The van der Waals surface area contributed by atoms with Gasteiger partial charge in [0.15, 0.2) is 0 Å². The number of nitrogens with zero attached hydrogens (tertiary/aromatic N) is 2. The Balaban J connectivity index is 1.70. The molecule has 2 aliphatic heterocycles. The third-order valence-electron chi connectivity index (χ3n) is 4.13. The van der Waals surface area contributed by atoms with Crippen molar-refractivity contribution in [3.63, 3.8) is 0 Å². The van der Waals surface area contributed by atoms with E-state index in [1.54, 1.807) is 5.41 Å². The van der Waals surface area contributed by atoms with Gasteiger partial charge in [-0.15, -0.1) is 0 Å². The molecule has 0 aromatic heterocycles. The molecule has 2 aliphatic rings. The van der Waals surface area contributed by atoms with Crippen molar-refractivity contribution >= 4 is 23.5 Å². The van der Waals surface area contributed by atoms with Crippen LogP contribution in [0.1, 0.15) is 5.56 Å². The van der Waals surface area contributed by atoms with E-state index in [9.17, 15) is 20.4 Å². The fourth-order valence-corrected chi connectivity index (χ4v) is 3.59. The SMILES string of the molecule is Cc1ccccc1N=C1NN2C(=CSC2[C@H](O)[C@@H](O)[C@H](O)[C@H](O)CO)O1. The molecule has 1 aromatic rings. The van der Waals surface area contributed by atoms with Crippen LogP contribution in [-0.4, -0.2) is 73.0 Å². The van der Waals surface area contributed by atoms with Gasteiger partial charge in [-0.3, -0.25) is 0 Å². The zero-order valence-electron chi connectivity index (χ0n) is 13.9. The van der Waals surface area contributed by atoms with Gasteiger partial charge >= 0.3 is 6.02 Å². The van der Waals surface area contributed by atoms with Crippen molar-refractivity contribution in [3.05, 3.63) is 41.1 Å². The Kier molecular flexibility index (Phi) is 5.70. The van der Waals surface area contributed by atoms with E-state index in [4.69, 9.17) is 9.84 Å². The van der Waals surface area contributed by atoms with Crippen molar-refractivity contribution in [1.82, 2.24) is 10.4 Å². The number of nitrogens with one attached hydrogen (secondary N) is 1. The predicted octanol–water partition coefficient (Wildman–Crippen LogP) is -0.873. The highest BCUT2D eigenvalue weighted by Gasteiger charge is 2.44. The van der Waals surface area contributed by atoms with Gasteiger partial charge in [0.25, 0.3) is 0 Å². The average Bonchev–Trinajstić information content (AvgIpc) is 3.21. The quantitative estimate of drug-likeness (QED) is 0.370. The van der Waals surface area contributed by atoms with Crippen LogP contribution in [0, 0.1) is 6.92 Å². The normalized spacial score (nSPS) is 25.2. The monoisotopic (exact) mass is 383 g/mol. The molecule has 0 saturated carbocycles. The summed E-state index contributed by atoms with van der Waals surface area (Å²) in [7, 11) is 0. The van der Waals surface area contributed by atoms with Crippen LogP contribution in [0.2, 0.25) is 0 Å². The van der Waals surface area contributed by atoms with Crippen LogP contribution in [0.15, 0.2) is 40.5 Å². The summed E-state index contributed by atoms with van der Waals surface area (Å²) in [5.41, 5.74) is 4.60. The molecule has 1 aromatic carbocycles. The lowest BCUT2D eigenvalue weighted by atomic mass is 10.0. The third kappa shape index (κ3) is 3.65. The van der Waals surface area contributed by atoms with Gasteiger partial charge in [-0.2, -0.15) is 4.99 Å². The van der Waals surface area contributed by atoms with Crippen molar-refractivity contribution in [1.29, 1.82) is 0 Å². The molecule has 10 heteroatoms. The maximum Gasteiger partial charge on any atom is 0.316 e. The van der Waals surface area contributed by atoms with E-state index >= 15 is 0 Å². The summed E-state index contributed by atoms with van der Waals surface area (Å²) in [6, 6.07) is 7.73. The number of hydrogen-bond donors (Lipinski definition) is 6. The fourth-order valence-electron chi connectivity index (χ4n) is 2.57. The molecule has 0 spiro atoms. The maximum atomic E-state index is 10.4. The number of aliphatic imine (C=N–C) groups is 1. The second-order valence-corrected chi connectivity index (χ2v) is 6.98. The summed E-state index contributed by atoms with van der Waals surface area (Å²) in [5.74, 6) is 0.399. The molecule has 2 heterocycles. The number of aryl methyl sites for hydroxylation is 1. The first kappa shape index (κ1) is 19.0. The molecule has 6 N–H and O–H groups in total. The summed E-state index contributed by atoms with van der Waals surface area (Å²) in [6.07, 6.45) is -6.34. The van der Waals surface area contributed by atoms with Gasteiger partial charge in [0.2, 0.25) is 5.88 Å². The zero-order valence-corrected chi connectivity index (χ0v) is 14.7. The van der Waals surface area contributed by atoms with Crippen molar-refractivity contribution < 1.29 is 30.3 Å². The minimum Gasteiger partial charge on any atom is -0.405 e. The van der Waals surface area contributed by atoms with E-state index < -0.39 is 36.4 Å². The van der Waals surface area contributed by atoms with Crippen molar-refractivity contribution in [2.45, 2.75) is 36.7 Å². The molecule has 1 saturated heterocycles. The highest BCUT2D eigenvalue weighted by Crippen LogP contribution is 2.36. The minimum atomic E-state index is -1.69. The Bertz CT molecular complexity index is 715. The van der Waals surface area contributed by atoms with Gasteiger partial charge < -0.3 is 30.3 Å². The molecule has 0 bridgehead atoms. The lowest BCUT2D eigenvalue weighted by Gasteiger charge is -2.31. The zero-order chi connectivity index (χ0) is 18.8. The molecular formula is C16H21N3O6S. The van der Waals surface area contributed by atoms with Crippen molar-refractivity contribution in [2.75, 3.05) is 6.61 Å². The molecule has 0 radical (unpaired) electrons. The van der Waals surface area contributed by atoms with Crippen molar-refractivity contribution in [2.24, 2.45) is 4.99 Å².